The lowest BCUT2D eigenvalue weighted by Gasteiger charge is -2.41. The van der Waals surface area contributed by atoms with E-state index in [-0.39, 0.29) is 0 Å². The van der Waals surface area contributed by atoms with E-state index in [1.54, 1.807) is 0 Å². The summed E-state index contributed by atoms with van der Waals surface area (Å²) in [5.74, 6) is 0. The van der Waals surface area contributed by atoms with E-state index in [0.717, 1.165) is 0 Å². The maximum Gasteiger partial charge on any atom is 0.00388 e. The molecule has 0 aromatic carbocycles. The fourth-order valence-corrected chi connectivity index (χ4v) is 2.96. The number of nitrogens with one attached hydrogen (secondary N) is 1. The molecule has 0 saturated carbocycles. The van der Waals surface area contributed by atoms with Crippen LogP contribution >= 0.6 is 0 Å². The van der Waals surface area contributed by atoms with Gasteiger partial charge in [0.05, 0.1) is 0 Å². The first kappa shape index (κ1) is 14.0. The fraction of sp³-hybridized carbons (Fsp3) is 1.00. The lowest BCUT2D eigenvalue weighted by atomic mass is 9.76. The predicted octanol–water partition coefficient (Wildman–Crippen LogP) is 2.89. The summed E-state index contributed by atoms with van der Waals surface area (Å²) in [7, 11) is 0. The van der Waals surface area contributed by atoms with Crippen LogP contribution in [0.5, 0.6) is 0 Å². The van der Waals surface area contributed by atoms with Crippen LogP contribution in [-0.4, -0.2) is 37.6 Å². The zero-order valence-corrected chi connectivity index (χ0v) is 11.5. The van der Waals surface area contributed by atoms with Gasteiger partial charge in [0.1, 0.15) is 0 Å². The van der Waals surface area contributed by atoms with Gasteiger partial charge >= 0.3 is 0 Å². The van der Waals surface area contributed by atoms with Gasteiger partial charge < -0.3 is 10.2 Å². The lowest BCUT2D eigenvalue weighted by molar-refractivity contribution is 0.106. The summed E-state index contributed by atoms with van der Waals surface area (Å²) in [6, 6.07) is 0. The van der Waals surface area contributed by atoms with Crippen molar-refractivity contribution < 1.29 is 0 Å². The van der Waals surface area contributed by atoms with Crippen LogP contribution in [0.25, 0.3) is 0 Å². The summed E-state index contributed by atoms with van der Waals surface area (Å²) in [5.41, 5.74) is 0.607. The van der Waals surface area contributed by atoms with E-state index in [9.17, 15) is 0 Å². The monoisotopic (exact) mass is 226 g/mol. The third-order valence-electron chi connectivity index (χ3n) is 4.05. The molecule has 1 aliphatic heterocycles. The first-order valence-corrected chi connectivity index (χ1v) is 7.19. The maximum absolute atomic E-state index is 3.49. The Kier molecular flexibility index (Phi) is 6.37. The Morgan fingerprint density at radius 2 is 1.56 bits per heavy atom. The molecule has 0 aliphatic carbocycles. The van der Waals surface area contributed by atoms with E-state index in [1.165, 1.54) is 64.8 Å². The summed E-state index contributed by atoms with van der Waals surface area (Å²) in [6.45, 7) is 13.3. The average Bonchev–Trinajstić information content (AvgIpc) is 2.31. The number of rotatable bonds is 7. The molecule has 0 bridgehead atoms. The van der Waals surface area contributed by atoms with E-state index in [0.29, 0.717) is 5.41 Å². The third-order valence-corrected chi connectivity index (χ3v) is 4.05. The van der Waals surface area contributed by atoms with Crippen molar-refractivity contribution in [2.24, 2.45) is 5.41 Å². The van der Waals surface area contributed by atoms with E-state index in [4.69, 9.17) is 0 Å². The molecule has 2 nitrogen and oxygen atoms in total. The normalized spacial score (nSPS) is 20.2. The lowest BCUT2D eigenvalue weighted by Crippen LogP contribution is -2.45. The molecule has 0 amide bonds. The van der Waals surface area contributed by atoms with Gasteiger partial charge in [-0.25, -0.2) is 0 Å². The first-order valence-electron chi connectivity index (χ1n) is 7.19. The van der Waals surface area contributed by atoms with E-state index >= 15 is 0 Å². The second kappa shape index (κ2) is 7.29. The zero-order chi connectivity index (χ0) is 11.9. The standard InChI is InChI=1S/C14H30N2/c1-4-11-16(12-5-2)13-14(6-3)7-9-15-10-8-14/h15H,4-13H2,1-3H3. The highest BCUT2D eigenvalue weighted by atomic mass is 15.1. The Bertz CT molecular complexity index is 168. The van der Waals surface area contributed by atoms with Crippen molar-refractivity contribution in [3.63, 3.8) is 0 Å². The Morgan fingerprint density at radius 3 is 2.00 bits per heavy atom. The summed E-state index contributed by atoms with van der Waals surface area (Å²) in [5, 5.41) is 3.49. The molecular formula is C14H30N2. The highest BCUT2D eigenvalue weighted by Gasteiger charge is 2.31. The molecular weight excluding hydrogens is 196 g/mol. The fourth-order valence-electron chi connectivity index (χ4n) is 2.96. The second-order valence-electron chi connectivity index (χ2n) is 5.38. The summed E-state index contributed by atoms with van der Waals surface area (Å²) >= 11 is 0. The molecule has 0 spiro atoms. The third kappa shape index (κ3) is 4.06. The molecule has 2 heteroatoms. The Labute approximate surface area is 102 Å². The molecule has 0 aromatic heterocycles. The van der Waals surface area contributed by atoms with E-state index < -0.39 is 0 Å². The predicted molar refractivity (Wildman–Crippen MR) is 71.8 cm³/mol. The number of nitrogens with zero attached hydrogens (tertiary/aromatic N) is 1. The van der Waals surface area contributed by atoms with Crippen molar-refractivity contribution in [1.82, 2.24) is 10.2 Å². The molecule has 1 saturated heterocycles. The molecule has 0 aromatic rings. The Hall–Kier alpha value is -0.0800. The molecule has 96 valence electrons. The van der Waals surface area contributed by atoms with Gasteiger partial charge in [-0.05, 0) is 63.7 Å². The van der Waals surface area contributed by atoms with Gasteiger partial charge in [-0.2, -0.15) is 0 Å². The van der Waals surface area contributed by atoms with Gasteiger partial charge in [-0.1, -0.05) is 20.8 Å². The Balaban J connectivity index is 2.50. The molecule has 1 aliphatic rings. The second-order valence-corrected chi connectivity index (χ2v) is 5.38. The van der Waals surface area contributed by atoms with Crippen molar-refractivity contribution >= 4 is 0 Å². The summed E-state index contributed by atoms with van der Waals surface area (Å²) < 4.78 is 0. The van der Waals surface area contributed by atoms with Crippen molar-refractivity contribution in [2.75, 3.05) is 32.7 Å². The van der Waals surface area contributed by atoms with Crippen molar-refractivity contribution in [2.45, 2.75) is 52.9 Å². The van der Waals surface area contributed by atoms with Gasteiger partial charge in [0.2, 0.25) is 0 Å². The van der Waals surface area contributed by atoms with Crippen LogP contribution in [0.4, 0.5) is 0 Å². The topological polar surface area (TPSA) is 15.3 Å². The van der Waals surface area contributed by atoms with Crippen LogP contribution in [0.15, 0.2) is 0 Å². The smallest absolute Gasteiger partial charge is 0.00388 e. The van der Waals surface area contributed by atoms with E-state index in [2.05, 4.69) is 31.0 Å². The minimum atomic E-state index is 0.607. The van der Waals surface area contributed by atoms with Crippen molar-refractivity contribution in [3.05, 3.63) is 0 Å². The number of hydrogen-bond acceptors (Lipinski definition) is 2. The highest BCUT2D eigenvalue weighted by molar-refractivity contribution is 4.86. The van der Waals surface area contributed by atoms with Gasteiger partial charge in [0, 0.05) is 6.54 Å². The van der Waals surface area contributed by atoms with Gasteiger partial charge in [0.15, 0.2) is 0 Å². The molecule has 1 rings (SSSR count). The van der Waals surface area contributed by atoms with Crippen LogP contribution < -0.4 is 5.32 Å². The van der Waals surface area contributed by atoms with Crippen LogP contribution in [0.3, 0.4) is 0 Å². The zero-order valence-electron chi connectivity index (χ0n) is 11.5. The van der Waals surface area contributed by atoms with Gasteiger partial charge in [-0.15, -0.1) is 0 Å². The highest BCUT2D eigenvalue weighted by Crippen LogP contribution is 2.33. The SMILES string of the molecule is CCCN(CCC)CC1(CC)CCNCC1. The largest absolute Gasteiger partial charge is 0.317 e. The molecule has 0 radical (unpaired) electrons. The average molecular weight is 226 g/mol. The minimum Gasteiger partial charge on any atom is -0.317 e. The Morgan fingerprint density at radius 1 is 1.00 bits per heavy atom. The van der Waals surface area contributed by atoms with Crippen LogP contribution in [-0.2, 0) is 0 Å². The van der Waals surface area contributed by atoms with Crippen molar-refractivity contribution in [3.8, 4) is 0 Å². The molecule has 1 fully saturated rings. The molecule has 1 heterocycles. The van der Waals surface area contributed by atoms with Gasteiger partial charge in [-0.3, -0.25) is 0 Å². The quantitative estimate of drug-likeness (QED) is 0.718. The minimum absolute atomic E-state index is 0.607. The van der Waals surface area contributed by atoms with Gasteiger partial charge in [0.25, 0.3) is 0 Å². The molecule has 0 atom stereocenters. The molecule has 1 N–H and O–H groups in total. The van der Waals surface area contributed by atoms with Crippen molar-refractivity contribution in [1.29, 1.82) is 0 Å². The van der Waals surface area contributed by atoms with Crippen LogP contribution in [0.2, 0.25) is 0 Å². The molecule has 0 unspecified atom stereocenters. The van der Waals surface area contributed by atoms with Crippen LogP contribution in [0, 0.1) is 5.41 Å². The first-order chi connectivity index (χ1) is 7.76. The molecule has 16 heavy (non-hydrogen) atoms. The summed E-state index contributed by atoms with van der Waals surface area (Å²) in [4.78, 5) is 2.69. The van der Waals surface area contributed by atoms with Crippen LogP contribution in [0.1, 0.15) is 52.9 Å². The number of hydrogen-bond donors (Lipinski definition) is 1. The van der Waals surface area contributed by atoms with E-state index in [1.807, 2.05) is 0 Å². The number of piperidine rings is 1. The summed E-state index contributed by atoms with van der Waals surface area (Å²) in [6.07, 6.45) is 6.66. The maximum atomic E-state index is 3.49.